The fourth-order valence-electron chi connectivity index (χ4n) is 1.96. The van der Waals surface area contributed by atoms with Crippen molar-refractivity contribution in [3.05, 3.63) is 46.0 Å². The van der Waals surface area contributed by atoms with Gasteiger partial charge in [-0.2, -0.15) is 0 Å². The van der Waals surface area contributed by atoms with Gasteiger partial charge in [0.2, 0.25) is 0 Å². The zero-order valence-corrected chi connectivity index (χ0v) is 8.51. The van der Waals surface area contributed by atoms with E-state index in [9.17, 15) is 0 Å². The molecule has 1 aliphatic rings. The van der Waals surface area contributed by atoms with Crippen LogP contribution in [0, 0.1) is 0 Å². The van der Waals surface area contributed by atoms with Gasteiger partial charge in [-0.05, 0) is 35.6 Å². The summed E-state index contributed by atoms with van der Waals surface area (Å²) in [5.41, 5.74) is 1.39. The number of fused-ring (bicyclic) bond motifs is 1. The van der Waals surface area contributed by atoms with Gasteiger partial charge < -0.3 is 9.73 Å². The van der Waals surface area contributed by atoms with Crippen molar-refractivity contribution >= 4 is 11.3 Å². The molecule has 3 heteroatoms. The summed E-state index contributed by atoms with van der Waals surface area (Å²) in [5.74, 6) is 1.02. The van der Waals surface area contributed by atoms with E-state index >= 15 is 0 Å². The molecule has 3 heterocycles. The lowest BCUT2D eigenvalue weighted by Crippen LogP contribution is -2.29. The van der Waals surface area contributed by atoms with E-state index in [0.717, 1.165) is 18.7 Å². The van der Waals surface area contributed by atoms with E-state index in [1.807, 2.05) is 23.5 Å². The highest BCUT2D eigenvalue weighted by Crippen LogP contribution is 2.31. The summed E-state index contributed by atoms with van der Waals surface area (Å²) in [6, 6.07) is 6.43. The lowest BCUT2D eigenvalue weighted by Gasteiger charge is -2.22. The van der Waals surface area contributed by atoms with Gasteiger partial charge in [0, 0.05) is 11.4 Å². The van der Waals surface area contributed by atoms with Gasteiger partial charge in [-0.25, -0.2) is 0 Å². The first-order valence-corrected chi connectivity index (χ1v) is 5.66. The van der Waals surface area contributed by atoms with Crippen molar-refractivity contribution in [2.75, 3.05) is 6.54 Å². The molecule has 0 amide bonds. The van der Waals surface area contributed by atoms with Crippen molar-refractivity contribution in [2.24, 2.45) is 0 Å². The normalized spacial score (nSPS) is 20.7. The smallest absolute Gasteiger partial charge is 0.125 e. The lowest BCUT2D eigenvalue weighted by atomic mass is 10.0. The molecule has 0 saturated heterocycles. The lowest BCUT2D eigenvalue weighted by molar-refractivity contribution is 0.438. The number of hydrogen-bond donors (Lipinski definition) is 1. The van der Waals surface area contributed by atoms with Gasteiger partial charge in [-0.1, -0.05) is 0 Å². The summed E-state index contributed by atoms with van der Waals surface area (Å²) in [4.78, 5) is 1.49. The van der Waals surface area contributed by atoms with E-state index in [0.29, 0.717) is 0 Å². The third-order valence-corrected chi connectivity index (χ3v) is 3.62. The van der Waals surface area contributed by atoms with Crippen molar-refractivity contribution in [3.63, 3.8) is 0 Å². The summed E-state index contributed by atoms with van der Waals surface area (Å²) in [6.45, 7) is 1.04. The monoisotopic (exact) mass is 205 g/mol. The minimum absolute atomic E-state index is 0.264. The molecule has 0 unspecified atom stereocenters. The summed E-state index contributed by atoms with van der Waals surface area (Å²) in [7, 11) is 0. The second-order valence-corrected chi connectivity index (χ2v) is 4.45. The van der Waals surface area contributed by atoms with E-state index in [4.69, 9.17) is 4.42 Å². The molecule has 0 bridgehead atoms. The highest BCUT2D eigenvalue weighted by Gasteiger charge is 2.23. The van der Waals surface area contributed by atoms with Crippen LogP contribution in [0.15, 0.2) is 34.3 Å². The topological polar surface area (TPSA) is 25.2 Å². The predicted octanol–water partition coefficient (Wildman–Crippen LogP) is 2.58. The van der Waals surface area contributed by atoms with Crippen molar-refractivity contribution in [1.82, 2.24) is 5.32 Å². The van der Waals surface area contributed by atoms with E-state index in [-0.39, 0.29) is 6.04 Å². The standard InChI is InChI=1S/C11H11NOS/c1-2-9(13-6-1)11-8-4-7-14-10(8)3-5-12-11/h1-2,4,6-7,11-12H,3,5H2/t11-/m1/s1. The Hall–Kier alpha value is -1.06. The van der Waals surface area contributed by atoms with Crippen LogP contribution in [0.5, 0.6) is 0 Å². The molecule has 2 aromatic heterocycles. The Morgan fingerprint density at radius 1 is 1.43 bits per heavy atom. The average molecular weight is 205 g/mol. The third kappa shape index (κ3) is 1.21. The maximum Gasteiger partial charge on any atom is 0.125 e. The van der Waals surface area contributed by atoms with Gasteiger partial charge in [0.15, 0.2) is 0 Å². The summed E-state index contributed by atoms with van der Waals surface area (Å²) in [6.07, 6.45) is 2.88. The first kappa shape index (κ1) is 8.26. The minimum Gasteiger partial charge on any atom is -0.467 e. The zero-order chi connectivity index (χ0) is 9.38. The van der Waals surface area contributed by atoms with Gasteiger partial charge in [0.1, 0.15) is 5.76 Å². The highest BCUT2D eigenvalue weighted by molar-refractivity contribution is 7.10. The van der Waals surface area contributed by atoms with Crippen LogP contribution in [0.2, 0.25) is 0 Å². The van der Waals surface area contributed by atoms with Crippen LogP contribution < -0.4 is 5.32 Å². The van der Waals surface area contributed by atoms with Crippen LogP contribution in [0.3, 0.4) is 0 Å². The molecule has 0 spiro atoms. The van der Waals surface area contributed by atoms with Gasteiger partial charge >= 0.3 is 0 Å². The highest BCUT2D eigenvalue weighted by atomic mass is 32.1. The molecule has 3 rings (SSSR count). The first-order valence-electron chi connectivity index (χ1n) is 4.78. The molecule has 0 aliphatic carbocycles. The Labute approximate surface area is 86.6 Å². The van der Waals surface area contributed by atoms with Crippen molar-refractivity contribution < 1.29 is 4.42 Å². The van der Waals surface area contributed by atoms with E-state index in [1.165, 1.54) is 10.4 Å². The van der Waals surface area contributed by atoms with Crippen LogP contribution in [0.4, 0.5) is 0 Å². The van der Waals surface area contributed by atoms with Crippen LogP contribution in [-0.2, 0) is 6.42 Å². The number of nitrogens with one attached hydrogen (secondary N) is 1. The van der Waals surface area contributed by atoms with Crippen LogP contribution in [-0.4, -0.2) is 6.54 Å². The fraction of sp³-hybridized carbons (Fsp3) is 0.273. The molecule has 1 atom stereocenters. The number of thiophene rings is 1. The molecule has 0 saturated carbocycles. The van der Waals surface area contributed by atoms with Gasteiger partial charge in [0.25, 0.3) is 0 Å². The number of furan rings is 1. The molecule has 0 fully saturated rings. The van der Waals surface area contributed by atoms with E-state index in [2.05, 4.69) is 16.8 Å². The van der Waals surface area contributed by atoms with Gasteiger partial charge in [0.05, 0.1) is 12.3 Å². The number of rotatable bonds is 1. The summed E-state index contributed by atoms with van der Waals surface area (Å²) in [5, 5.41) is 5.64. The minimum atomic E-state index is 0.264. The Balaban J connectivity index is 2.04. The predicted molar refractivity (Wildman–Crippen MR) is 56.6 cm³/mol. The van der Waals surface area contributed by atoms with Gasteiger partial charge in [-0.15, -0.1) is 11.3 Å². The average Bonchev–Trinajstić information content (AvgIpc) is 2.88. The van der Waals surface area contributed by atoms with E-state index in [1.54, 1.807) is 6.26 Å². The Kier molecular flexibility index (Phi) is 1.92. The Morgan fingerprint density at radius 2 is 2.43 bits per heavy atom. The second kappa shape index (κ2) is 3.26. The molecule has 72 valence electrons. The summed E-state index contributed by atoms with van der Waals surface area (Å²) < 4.78 is 5.44. The van der Waals surface area contributed by atoms with Crippen molar-refractivity contribution in [3.8, 4) is 0 Å². The molecule has 1 aliphatic heterocycles. The van der Waals surface area contributed by atoms with Gasteiger partial charge in [-0.3, -0.25) is 0 Å². The molecular formula is C11H11NOS. The Morgan fingerprint density at radius 3 is 3.29 bits per heavy atom. The maximum absolute atomic E-state index is 5.44. The number of hydrogen-bond acceptors (Lipinski definition) is 3. The SMILES string of the molecule is c1coc([C@@H]2NCCc3sccc32)c1. The molecule has 1 N–H and O–H groups in total. The third-order valence-electron chi connectivity index (χ3n) is 2.62. The Bertz CT molecular complexity index is 418. The zero-order valence-electron chi connectivity index (χ0n) is 7.69. The maximum atomic E-state index is 5.44. The molecule has 0 aromatic carbocycles. The largest absolute Gasteiger partial charge is 0.467 e. The van der Waals surface area contributed by atoms with Crippen molar-refractivity contribution in [2.45, 2.75) is 12.5 Å². The molecule has 14 heavy (non-hydrogen) atoms. The van der Waals surface area contributed by atoms with Crippen LogP contribution >= 0.6 is 11.3 Å². The molecule has 2 nitrogen and oxygen atoms in total. The molecule has 2 aromatic rings. The second-order valence-electron chi connectivity index (χ2n) is 3.45. The summed E-state index contributed by atoms with van der Waals surface area (Å²) >= 11 is 1.84. The van der Waals surface area contributed by atoms with Crippen LogP contribution in [0.1, 0.15) is 22.2 Å². The molecular weight excluding hydrogens is 194 g/mol. The van der Waals surface area contributed by atoms with E-state index < -0.39 is 0 Å². The fourth-order valence-corrected chi connectivity index (χ4v) is 2.88. The quantitative estimate of drug-likeness (QED) is 0.774. The van der Waals surface area contributed by atoms with Crippen LogP contribution in [0.25, 0.3) is 0 Å². The molecule has 0 radical (unpaired) electrons. The first-order chi connectivity index (χ1) is 6.95. The van der Waals surface area contributed by atoms with Crippen molar-refractivity contribution in [1.29, 1.82) is 0 Å².